The molecule has 1 aromatic carbocycles. The van der Waals surface area contributed by atoms with Gasteiger partial charge in [0.25, 0.3) is 0 Å². The molecule has 0 saturated carbocycles. The maximum Gasteiger partial charge on any atom is 0.0101 e. The van der Waals surface area contributed by atoms with Crippen molar-refractivity contribution in [1.29, 1.82) is 0 Å². The molecule has 1 aliphatic carbocycles. The molecule has 0 amide bonds. The fourth-order valence-electron chi connectivity index (χ4n) is 3.01. The minimum atomic E-state index is 0.424. The van der Waals surface area contributed by atoms with E-state index in [-0.39, 0.29) is 0 Å². The van der Waals surface area contributed by atoms with Crippen LogP contribution in [0.4, 0.5) is 0 Å². The lowest BCUT2D eigenvalue weighted by atomic mass is 9.84. The van der Waals surface area contributed by atoms with Crippen molar-refractivity contribution >= 4 is 6.08 Å². The smallest absolute Gasteiger partial charge is 0.0101 e. The van der Waals surface area contributed by atoms with E-state index in [1.54, 1.807) is 0 Å². The molecule has 1 N–H and O–H groups in total. The summed E-state index contributed by atoms with van der Waals surface area (Å²) in [5.74, 6) is 0.424. The molecule has 0 spiro atoms. The molecule has 1 nitrogen and oxygen atoms in total. The van der Waals surface area contributed by atoms with Crippen molar-refractivity contribution in [1.82, 2.24) is 5.32 Å². The summed E-state index contributed by atoms with van der Waals surface area (Å²) >= 11 is 0. The summed E-state index contributed by atoms with van der Waals surface area (Å²) in [7, 11) is 2.01. The van der Waals surface area contributed by atoms with Gasteiger partial charge >= 0.3 is 0 Å². The zero-order chi connectivity index (χ0) is 19.1. The summed E-state index contributed by atoms with van der Waals surface area (Å²) in [5, 5.41) is 3.24. The lowest BCUT2D eigenvalue weighted by Gasteiger charge is -2.21. The third-order valence-corrected chi connectivity index (χ3v) is 4.01. The summed E-state index contributed by atoms with van der Waals surface area (Å²) in [5.41, 5.74) is 5.36. The van der Waals surface area contributed by atoms with Gasteiger partial charge in [-0.15, -0.1) is 0 Å². The topological polar surface area (TPSA) is 12.0 Å². The Labute approximate surface area is 156 Å². The highest BCUT2D eigenvalue weighted by atomic mass is 14.8. The summed E-state index contributed by atoms with van der Waals surface area (Å²) in [6.45, 7) is 15.2. The average molecular weight is 340 g/mol. The fraction of sp³-hybridized carbons (Fsp3) is 0.417. The third kappa shape index (κ3) is 6.88. The van der Waals surface area contributed by atoms with Crippen LogP contribution >= 0.6 is 0 Å². The van der Waals surface area contributed by atoms with Crippen LogP contribution in [-0.4, -0.2) is 13.6 Å². The highest BCUT2D eigenvalue weighted by Crippen LogP contribution is 2.37. The van der Waals surface area contributed by atoms with Crippen LogP contribution in [0.25, 0.3) is 6.08 Å². The highest BCUT2D eigenvalue weighted by Gasteiger charge is 2.20. The van der Waals surface area contributed by atoms with Crippen LogP contribution in [0.2, 0.25) is 0 Å². The molecule has 0 bridgehead atoms. The molecule has 138 valence electrons. The standard InChI is InChI=1S/C20H25N.2C2H6/c1-4-9-16-13-14-17-10-6-7-11-19(17)20(18(16)5-2)12-8-15-21-3;2*1-2/h4-7,9-11,13-14,20-21H,2,8,12,15H2,1,3H3;2*1-2H3/b9-4-;;. The van der Waals surface area contributed by atoms with Crippen molar-refractivity contribution in [3.05, 3.63) is 77.4 Å². The van der Waals surface area contributed by atoms with Crippen molar-refractivity contribution in [2.45, 2.75) is 53.4 Å². The third-order valence-electron chi connectivity index (χ3n) is 4.01. The lowest BCUT2D eigenvalue weighted by molar-refractivity contribution is 0.627. The van der Waals surface area contributed by atoms with Gasteiger partial charge in [-0.25, -0.2) is 0 Å². The largest absolute Gasteiger partial charge is 0.320 e. The molecule has 0 aliphatic heterocycles. The van der Waals surface area contributed by atoms with E-state index in [1.807, 2.05) is 40.8 Å². The first-order valence-electron chi connectivity index (χ1n) is 9.72. The summed E-state index contributed by atoms with van der Waals surface area (Å²) in [6.07, 6.45) is 13.1. The Kier molecular flexibility index (Phi) is 13.4. The first-order valence-corrected chi connectivity index (χ1v) is 9.72. The molecular formula is C24H37N. The molecule has 1 aromatic rings. The zero-order valence-corrected chi connectivity index (χ0v) is 17.1. The molecule has 0 radical (unpaired) electrons. The maximum absolute atomic E-state index is 4.07. The van der Waals surface area contributed by atoms with E-state index < -0.39 is 0 Å². The van der Waals surface area contributed by atoms with Gasteiger partial charge in [-0.05, 0) is 55.6 Å². The first-order chi connectivity index (χ1) is 12.3. The van der Waals surface area contributed by atoms with Crippen molar-refractivity contribution in [3.8, 4) is 0 Å². The summed E-state index contributed by atoms with van der Waals surface area (Å²) in [4.78, 5) is 0. The van der Waals surface area contributed by atoms with Gasteiger partial charge in [0.2, 0.25) is 0 Å². The quantitative estimate of drug-likeness (QED) is 0.555. The van der Waals surface area contributed by atoms with Gasteiger partial charge in [0.05, 0.1) is 0 Å². The number of allylic oxidation sites excluding steroid dienone is 6. The Balaban J connectivity index is 0.00000134. The Morgan fingerprint density at radius 1 is 1.08 bits per heavy atom. The predicted octanol–water partition coefficient (Wildman–Crippen LogP) is 6.91. The van der Waals surface area contributed by atoms with Gasteiger partial charge in [0, 0.05) is 5.92 Å². The molecule has 1 heteroatoms. The van der Waals surface area contributed by atoms with E-state index in [2.05, 4.69) is 67.4 Å². The average Bonchev–Trinajstić information content (AvgIpc) is 2.83. The first kappa shape index (κ1) is 23.1. The molecular weight excluding hydrogens is 302 g/mol. The van der Waals surface area contributed by atoms with Gasteiger partial charge in [-0.2, -0.15) is 0 Å². The molecule has 25 heavy (non-hydrogen) atoms. The van der Waals surface area contributed by atoms with Crippen LogP contribution in [0.1, 0.15) is 64.5 Å². The van der Waals surface area contributed by atoms with Crippen molar-refractivity contribution in [2.75, 3.05) is 13.6 Å². The van der Waals surface area contributed by atoms with Gasteiger partial charge < -0.3 is 5.32 Å². The molecule has 0 aromatic heterocycles. The van der Waals surface area contributed by atoms with Gasteiger partial charge in [0.15, 0.2) is 0 Å². The minimum absolute atomic E-state index is 0.424. The Morgan fingerprint density at radius 3 is 2.36 bits per heavy atom. The molecule has 1 unspecified atom stereocenters. The summed E-state index contributed by atoms with van der Waals surface area (Å²) in [6, 6.07) is 8.71. The Morgan fingerprint density at radius 2 is 1.76 bits per heavy atom. The van der Waals surface area contributed by atoms with Crippen LogP contribution < -0.4 is 5.32 Å². The van der Waals surface area contributed by atoms with Crippen molar-refractivity contribution < 1.29 is 0 Å². The second-order valence-corrected chi connectivity index (χ2v) is 5.38. The highest BCUT2D eigenvalue weighted by molar-refractivity contribution is 5.65. The second-order valence-electron chi connectivity index (χ2n) is 5.38. The van der Waals surface area contributed by atoms with Gasteiger partial charge in [-0.1, -0.05) is 88.9 Å². The number of nitrogens with one attached hydrogen (secondary N) is 1. The number of rotatable bonds is 6. The van der Waals surface area contributed by atoms with Crippen LogP contribution in [-0.2, 0) is 0 Å². The number of hydrogen-bond acceptors (Lipinski definition) is 1. The van der Waals surface area contributed by atoms with Crippen molar-refractivity contribution in [2.24, 2.45) is 0 Å². The second kappa shape index (κ2) is 14.5. The molecule has 2 rings (SSSR count). The van der Waals surface area contributed by atoms with Crippen LogP contribution in [0, 0.1) is 0 Å². The van der Waals surface area contributed by atoms with Gasteiger partial charge in [-0.3, -0.25) is 0 Å². The summed E-state index contributed by atoms with van der Waals surface area (Å²) < 4.78 is 0. The molecule has 0 fully saturated rings. The number of hydrogen-bond donors (Lipinski definition) is 1. The SMILES string of the molecule is C=CC1=C(/C=C\C)C=Cc2ccccc2C1CCCNC.CC.CC. The zero-order valence-electron chi connectivity index (χ0n) is 17.1. The van der Waals surface area contributed by atoms with E-state index in [1.165, 1.54) is 22.3 Å². The fourth-order valence-corrected chi connectivity index (χ4v) is 3.01. The van der Waals surface area contributed by atoms with Crippen LogP contribution in [0.3, 0.4) is 0 Å². The van der Waals surface area contributed by atoms with E-state index in [4.69, 9.17) is 0 Å². The van der Waals surface area contributed by atoms with Crippen molar-refractivity contribution in [3.63, 3.8) is 0 Å². The minimum Gasteiger partial charge on any atom is -0.320 e. The molecule has 1 aliphatic rings. The van der Waals surface area contributed by atoms with E-state index in [9.17, 15) is 0 Å². The number of fused-ring (bicyclic) bond motifs is 1. The Bertz CT molecular complexity index is 576. The molecule has 1 atom stereocenters. The van der Waals surface area contributed by atoms with Crippen LogP contribution in [0.5, 0.6) is 0 Å². The van der Waals surface area contributed by atoms with E-state index >= 15 is 0 Å². The maximum atomic E-state index is 4.07. The van der Waals surface area contributed by atoms with Crippen LogP contribution in [0.15, 0.2) is 66.3 Å². The molecule has 0 heterocycles. The normalized spacial score (nSPS) is 15.5. The lowest BCUT2D eigenvalue weighted by Crippen LogP contribution is -2.11. The molecule has 0 saturated heterocycles. The number of benzene rings is 1. The Hall–Kier alpha value is -1.86. The van der Waals surface area contributed by atoms with Gasteiger partial charge in [0.1, 0.15) is 0 Å². The van der Waals surface area contributed by atoms with E-state index in [0.29, 0.717) is 5.92 Å². The predicted molar refractivity (Wildman–Crippen MR) is 116 cm³/mol. The van der Waals surface area contributed by atoms with E-state index in [0.717, 1.165) is 19.4 Å². The monoisotopic (exact) mass is 339 g/mol.